The normalized spacial score (nSPS) is 12.3. The maximum atomic E-state index is 13.8. The number of rotatable bonds is 8. The van der Waals surface area contributed by atoms with E-state index < -0.39 is 15.7 Å². The molecular weight excluding hydrogens is 442 g/mol. The number of hydrogen-bond donors (Lipinski definition) is 0. The molecule has 0 spiro atoms. The smallest absolute Gasteiger partial charge is 0.259 e. The third-order valence-corrected chi connectivity index (χ3v) is 6.24. The van der Waals surface area contributed by atoms with Gasteiger partial charge in [-0.2, -0.15) is 0 Å². The van der Waals surface area contributed by atoms with Crippen LogP contribution < -0.4 is 19.1 Å². The molecule has 3 aromatic rings. The van der Waals surface area contributed by atoms with Crippen molar-refractivity contribution in [3.8, 4) is 17.2 Å². The van der Waals surface area contributed by atoms with Crippen molar-refractivity contribution >= 4 is 21.4 Å². The van der Waals surface area contributed by atoms with E-state index in [1.807, 2.05) is 24.3 Å². The summed E-state index contributed by atoms with van der Waals surface area (Å²) < 4.78 is 41.4. The number of ether oxygens (including phenoxy) is 3. The first kappa shape index (κ1) is 22.4. The Morgan fingerprint density at radius 3 is 2.58 bits per heavy atom. The van der Waals surface area contributed by atoms with Gasteiger partial charge in [-0.05, 0) is 30.3 Å². The summed E-state index contributed by atoms with van der Waals surface area (Å²) in [5.41, 5.74) is 1.37. The number of carbonyl (C=O) groups is 1. The van der Waals surface area contributed by atoms with E-state index in [1.165, 1.54) is 17.0 Å². The number of sulfone groups is 1. The minimum absolute atomic E-state index is 0.0306. The SMILES string of the molecule is C=CCOc1ccccc1CN(C(=O)c1ccccc1S(C)(=O)=O)c1ccc2c(c1)OCO2. The van der Waals surface area contributed by atoms with Gasteiger partial charge in [-0.3, -0.25) is 4.79 Å². The Morgan fingerprint density at radius 1 is 1.06 bits per heavy atom. The largest absolute Gasteiger partial charge is 0.489 e. The van der Waals surface area contributed by atoms with Gasteiger partial charge in [0.15, 0.2) is 21.3 Å². The van der Waals surface area contributed by atoms with Crippen molar-refractivity contribution < 1.29 is 27.4 Å². The molecule has 0 saturated heterocycles. The van der Waals surface area contributed by atoms with E-state index in [4.69, 9.17) is 14.2 Å². The molecule has 0 aromatic heterocycles. The molecule has 0 bridgehead atoms. The van der Waals surface area contributed by atoms with E-state index in [9.17, 15) is 13.2 Å². The summed E-state index contributed by atoms with van der Waals surface area (Å²) in [4.78, 5) is 15.2. The molecule has 0 N–H and O–H groups in total. The summed E-state index contributed by atoms with van der Waals surface area (Å²) in [5.74, 6) is 1.23. The molecule has 0 atom stereocenters. The first-order valence-electron chi connectivity index (χ1n) is 10.2. The lowest BCUT2D eigenvalue weighted by molar-refractivity contribution is 0.0982. The van der Waals surface area contributed by atoms with Crippen LogP contribution in [0.4, 0.5) is 5.69 Å². The molecule has 3 aromatic carbocycles. The van der Waals surface area contributed by atoms with Gasteiger partial charge in [-0.1, -0.05) is 43.0 Å². The molecule has 1 heterocycles. The summed E-state index contributed by atoms with van der Waals surface area (Å²) in [6.07, 6.45) is 2.72. The molecule has 0 saturated carbocycles. The highest BCUT2D eigenvalue weighted by atomic mass is 32.2. The Bertz CT molecular complexity index is 1300. The van der Waals surface area contributed by atoms with Gasteiger partial charge in [-0.25, -0.2) is 8.42 Å². The van der Waals surface area contributed by atoms with E-state index in [0.717, 1.165) is 11.8 Å². The summed E-state index contributed by atoms with van der Waals surface area (Å²) in [6, 6.07) is 18.7. The monoisotopic (exact) mass is 465 g/mol. The van der Waals surface area contributed by atoms with Crippen molar-refractivity contribution in [1.29, 1.82) is 0 Å². The number of anilines is 1. The van der Waals surface area contributed by atoms with Gasteiger partial charge < -0.3 is 19.1 Å². The Balaban J connectivity index is 1.80. The van der Waals surface area contributed by atoms with Gasteiger partial charge >= 0.3 is 0 Å². The second kappa shape index (κ2) is 9.38. The van der Waals surface area contributed by atoms with Gasteiger partial charge in [0.25, 0.3) is 5.91 Å². The van der Waals surface area contributed by atoms with Crippen LogP contribution in [0.5, 0.6) is 17.2 Å². The van der Waals surface area contributed by atoms with Gasteiger partial charge in [0, 0.05) is 23.6 Å². The van der Waals surface area contributed by atoms with Crippen LogP contribution in [-0.2, 0) is 16.4 Å². The fourth-order valence-electron chi connectivity index (χ4n) is 3.54. The van der Waals surface area contributed by atoms with Crippen molar-refractivity contribution in [1.82, 2.24) is 0 Å². The summed E-state index contributed by atoms with van der Waals surface area (Å²) in [7, 11) is -3.62. The van der Waals surface area contributed by atoms with Crippen LogP contribution in [0.1, 0.15) is 15.9 Å². The zero-order chi connectivity index (χ0) is 23.4. The van der Waals surface area contributed by atoms with Crippen molar-refractivity contribution in [2.24, 2.45) is 0 Å². The predicted octanol–water partition coefficient (Wildman–Crippen LogP) is 4.23. The fourth-order valence-corrected chi connectivity index (χ4v) is 4.42. The minimum atomic E-state index is -3.62. The molecular formula is C25H23NO6S. The molecule has 33 heavy (non-hydrogen) atoms. The lowest BCUT2D eigenvalue weighted by Gasteiger charge is -2.25. The highest BCUT2D eigenvalue weighted by Gasteiger charge is 2.26. The topological polar surface area (TPSA) is 82.1 Å². The molecule has 1 aliphatic rings. The third kappa shape index (κ3) is 4.85. The van der Waals surface area contributed by atoms with Gasteiger partial charge in [0.2, 0.25) is 6.79 Å². The Morgan fingerprint density at radius 2 is 1.79 bits per heavy atom. The van der Waals surface area contributed by atoms with Gasteiger partial charge in [-0.15, -0.1) is 0 Å². The average Bonchev–Trinajstić information content (AvgIpc) is 3.29. The van der Waals surface area contributed by atoms with Crippen LogP contribution >= 0.6 is 0 Å². The number of carbonyl (C=O) groups excluding carboxylic acids is 1. The number of fused-ring (bicyclic) bond motifs is 1. The van der Waals surface area contributed by atoms with Crippen molar-refractivity contribution in [2.75, 3.05) is 24.6 Å². The predicted molar refractivity (Wildman–Crippen MR) is 125 cm³/mol. The standard InChI is InChI=1S/C25H23NO6S/c1-3-14-30-21-10-6-4-8-18(21)16-26(19-12-13-22-23(15-19)32-17-31-22)25(27)20-9-5-7-11-24(20)33(2,28)29/h3-13,15H,1,14,16-17H2,2H3. The van der Waals surface area contributed by atoms with Crippen molar-refractivity contribution in [3.63, 3.8) is 0 Å². The molecule has 0 fully saturated rings. The molecule has 7 nitrogen and oxygen atoms in total. The second-order valence-corrected chi connectivity index (χ2v) is 9.39. The third-order valence-electron chi connectivity index (χ3n) is 5.09. The number of hydrogen-bond acceptors (Lipinski definition) is 6. The van der Waals surface area contributed by atoms with Crippen LogP contribution in [0, 0.1) is 0 Å². The number of amides is 1. The molecule has 0 radical (unpaired) electrons. The number of nitrogens with zero attached hydrogens (tertiary/aromatic N) is 1. The maximum Gasteiger partial charge on any atom is 0.259 e. The lowest BCUT2D eigenvalue weighted by atomic mass is 10.1. The molecule has 1 amide bonds. The van der Waals surface area contributed by atoms with Crippen molar-refractivity contribution in [3.05, 3.63) is 90.5 Å². The Labute approximate surface area is 192 Å². The summed E-state index contributed by atoms with van der Waals surface area (Å²) in [6.45, 7) is 4.23. The average molecular weight is 466 g/mol. The Hall–Kier alpha value is -3.78. The first-order valence-corrected chi connectivity index (χ1v) is 12.1. The maximum absolute atomic E-state index is 13.8. The first-order chi connectivity index (χ1) is 15.9. The van der Waals surface area contributed by atoms with E-state index >= 15 is 0 Å². The molecule has 0 aliphatic carbocycles. The van der Waals surface area contributed by atoms with E-state index in [-0.39, 0.29) is 23.8 Å². The molecule has 4 rings (SSSR count). The Kier molecular flexibility index (Phi) is 6.37. The molecule has 170 valence electrons. The van der Waals surface area contributed by atoms with Gasteiger partial charge in [0.05, 0.1) is 17.0 Å². The van der Waals surface area contributed by atoms with Crippen LogP contribution in [-0.4, -0.2) is 34.0 Å². The summed E-state index contributed by atoms with van der Waals surface area (Å²) >= 11 is 0. The van der Waals surface area contributed by atoms with Crippen LogP contribution in [0.2, 0.25) is 0 Å². The van der Waals surface area contributed by atoms with E-state index in [2.05, 4.69) is 6.58 Å². The van der Waals surface area contributed by atoms with Crippen LogP contribution in [0.3, 0.4) is 0 Å². The minimum Gasteiger partial charge on any atom is -0.489 e. The quantitative estimate of drug-likeness (QED) is 0.463. The zero-order valence-electron chi connectivity index (χ0n) is 18.1. The highest BCUT2D eigenvalue weighted by Crippen LogP contribution is 2.37. The van der Waals surface area contributed by atoms with Gasteiger partial charge in [0.1, 0.15) is 12.4 Å². The number of para-hydroxylation sites is 1. The fraction of sp³-hybridized carbons (Fsp3) is 0.160. The van der Waals surface area contributed by atoms with Crippen LogP contribution in [0.25, 0.3) is 0 Å². The van der Waals surface area contributed by atoms with E-state index in [1.54, 1.807) is 36.4 Å². The van der Waals surface area contributed by atoms with Crippen molar-refractivity contribution in [2.45, 2.75) is 11.4 Å². The lowest BCUT2D eigenvalue weighted by Crippen LogP contribution is -2.31. The molecule has 8 heteroatoms. The van der Waals surface area contributed by atoms with Crippen LogP contribution in [0.15, 0.2) is 84.3 Å². The zero-order valence-corrected chi connectivity index (χ0v) is 18.9. The number of benzene rings is 3. The molecule has 0 unspecified atom stereocenters. The molecule has 1 aliphatic heterocycles. The second-order valence-electron chi connectivity index (χ2n) is 7.40. The highest BCUT2D eigenvalue weighted by molar-refractivity contribution is 7.90. The summed E-state index contributed by atoms with van der Waals surface area (Å²) in [5, 5.41) is 0. The van der Waals surface area contributed by atoms with E-state index in [0.29, 0.717) is 29.5 Å².